The summed E-state index contributed by atoms with van der Waals surface area (Å²) < 4.78 is 3.99. The van der Waals surface area contributed by atoms with Crippen LogP contribution in [0.5, 0.6) is 0 Å². The second-order valence-electron chi connectivity index (χ2n) is 7.41. The number of aryl methyl sites for hydroxylation is 3. The number of imidazole rings is 1. The van der Waals surface area contributed by atoms with E-state index in [1.165, 1.54) is 0 Å². The fourth-order valence-corrected chi connectivity index (χ4v) is 3.91. The highest BCUT2D eigenvalue weighted by molar-refractivity contribution is 5.95. The fourth-order valence-electron chi connectivity index (χ4n) is 3.91. The lowest BCUT2D eigenvalue weighted by Gasteiger charge is -2.18. The molecule has 0 bridgehead atoms. The Labute approximate surface area is 159 Å². The van der Waals surface area contributed by atoms with Crippen LogP contribution >= 0.6 is 0 Å². The van der Waals surface area contributed by atoms with Gasteiger partial charge in [0, 0.05) is 50.3 Å². The molecule has 6 heteroatoms. The summed E-state index contributed by atoms with van der Waals surface area (Å²) in [4.78, 5) is 19.4. The first-order valence-corrected chi connectivity index (χ1v) is 9.40. The molecule has 4 rings (SSSR count). The van der Waals surface area contributed by atoms with Crippen molar-refractivity contribution in [2.24, 2.45) is 13.0 Å². The Kier molecular flexibility index (Phi) is 4.56. The maximum absolute atomic E-state index is 12.8. The van der Waals surface area contributed by atoms with Gasteiger partial charge in [0.05, 0.1) is 11.3 Å². The van der Waals surface area contributed by atoms with Crippen molar-refractivity contribution in [3.8, 4) is 11.4 Å². The molecule has 140 valence electrons. The summed E-state index contributed by atoms with van der Waals surface area (Å²) in [6.07, 6.45) is 4.76. The van der Waals surface area contributed by atoms with E-state index in [-0.39, 0.29) is 5.91 Å². The van der Waals surface area contributed by atoms with E-state index in [1.807, 2.05) is 49.5 Å². The maximum atomic E-state index is 12.8. The highest BCUT2D eigenvalue weighted by Gasteiger charge is 2.29. The monoisotopic (exact) mass is 363 g/mol. The smallest absolute Gasteiger partial charge is 0.257 e. The van der Waals surface area contributed by atoms with Crippen LogP contribution < -0.4 is 0 Å². The summed E-state index contributed by atoms with van der Waals surface area (Å²) in [5.74, 6) is 1.52. The quantitative estimate of drug-likeness (QED) is 0.716. The minimum atomic E-state index is 0.0914. The van der Waals surface area contributed by atoms with Gasteiger partial charge in [-0.1, -0.05) is 30.3 Å². The Hall–Kier alpha value is -2.89. The van der Waals surface area contributed by atoms with Crippen LogP contribution in [0.15, 0.2) is 42.7 Å². The Morgan fingerprint density at radius 2 is 2.00 bits per heavy atom. The molecule has 1 amide bonds. The molecule has 0 aliphatic carbocycles. The summed E-state index contributed by atoms with van der Waals surface area (Å²) in [6.45, 7) is 6.44. The van der Waals surface area contributed by atoms with Gasteiger partial charge in [-0.15, -0.1) is 0 Å². The Morgan fingerprint density at radius 3 is 2.70 bits per heavy atom. The topological polar surface area (TPSA) is 56.0 Å². The fraction of sp³-hybridized carbons (Fsp3) is 0.381. The van der Waals surface area contributed by atoms with Crippen molar-refractivity contribution in [1.82, 2.24) is 24.2 Å². The molecule has 1 aromatic carbocycles. The highest BCUT2D eigenvalue weighted by atomic mass is 16.2. The summed E-state index contributed by atoms with van der Waals surface area (Å²) in [6, 6.07) is 10.3. The van der Waals surface area contributed by atoms with Crippen molar-refractivity contribution in [1.29, 1.82) is 0 Å². The number of hydrogen-bond donors (Lipinski definition) is 0. The summed E-state index contributed by atoms with van der Waals surface area (Å²) in [7, 11) is 1.85. The molecule has 27 heavy (non-hydrogen) atoms. The minimum Gasteiger partial charge on any atom is -0.338 e. The molecule has 1 atom stereocenters. The first kappa shape index (κ1) is 17.5. The van der Waals surface area contributed by atoms with Crippen molar-refractivity contribution in [2.75, 3.05) is 13.1 Å². The SMILES string of the molecule is Cc1nn(C)cc1C(=O)N1CCC(Cn2c(C)cnc2-c2ccccc2)C1. The van der Waals surface area contributed by atoms with Gasteiger partial charge in [-0.2, -0.15) is 5.10 Å². The number of aromatic nitrogens is 4. The van der Waals surface area contributed by atoms with Crippen LogP contribution in [0, 0.1) is 19.8 Å². The van der Waals surface area contributed by atoms with Gasteiger partial charge in [-0.3, -0.25) is 9.48 Å². The van der Waals surface area contributed by atoms with Crippen molar-refractivity contribution < 1.29 is 4.79 Å². The average molecular weight is 363 g/mol. The Balaban J connectivity index is 1.49. The lowest BCUT2D eigenvalue weighted by Crippen LogP contribution is -2.29. The molecular formula is C21H25N5O. The van der Waals surface area contributed by atoms with Gasteiger partial charge in [0.2, 0.25) is 0 Å². The number of carbonyl (C=O) groups is 1. The zero-order chi connectivity index (χ0) is 19.0. The normalized spacial score (nSPS) is 16.9. The molecule has 3 aromatic rings. The molecule has 2 aromatic heterocycles. The molecular weight excluding hydrogens is 338 g/mol. The number of rotatable bonds is 4. The van der Waals surface area contributed by atoms with Gasteiger partial charge in [-0.25, -0.2) is 4.98 Å². The number of amides is 1. The molecule has 1 aliphatic heterocycles. The highest BCUT2D eigenvalue weighted by Crippen LogP contribution is 2.25. The zero-order valence-corrected chi connectivity index (χ0v) is 16.1. The van der Waals surface area contributed by atoms with E-state index < -0.39 is 0 Å². The van der Waals surface area contributed by atoms with Crippen molar-refractivity contribution >= 4 is 5.91 Å². The van der Waals surface area contributed by atoms with Crippen LogP contribution in [-0.4, -0.2) is 43.2 Å². The van der Waals surface area contributed by atoms with E-state index >= 15 is 0 Å². The van der Waals surface area contributed by atoms with Crippen LogP contribution in [0.3, 0.4) is 0 Å². The third-order valence-electron chi connectivity index (χ3n) is 5.34. The predicted octanol–water partition coefficient (Wildman–Crippen LogP) is 3.06. The lowest BCUT2D eigenvalue weighted by atomic mass is 10.1. The maximum Gasteiger partial charge on any atom is 0.257 e. The molecule has 0 radical (unpaired) electrons. The van der Waals surface area contributed by atoms with Gasteiger partial charge < -0.3 is 9.47 Å². The summed E-state index contributed by atoms with van der Waals surface area (Å²) in [5.41, 5.74) is 3.79. The molecule has 0 spiro atoms. The molecule has 0 saturated carbocycles. The standard InChI is InChI=1S/C21H25N5O/c1-15-11-22-20(18-7-5-4-6-8-18)26(15)13-17-9-10-25(12-17)21(27)19-14-24(3)23-16(19)2/h4-8,11,14,17H,9-10,12-13H2,1-3H3. The number of likely N-dealkylation sites (tertiary alicyclic amines) is 1. The van der Waals surface area contributed by atoms with Gasteiger partial charge in [0.25, 0.3) is 5.91 Å². The van der Waals surface area contributed by atoms with Crippen LogP contribution in [-0.2, 0) is 13.6 Å². The lowest BCUT2D eigenvalue weighted by molar-refractivity contribution is 0.0785. The number of nitrogens with zero attached hydrogens (tertiary/aromatic N) is 5. The first-order valence-electron chi connectivity index (χ1n) is 9.40. The number of carbonyl (C=O) groups excluding carboxylic acids is 1. The molecule has 1 unspecified atom stereocenters. The van der Waals surface area contributed by atoms with Gasteiger partial charge >= 0.3 is 0 Å². The van der Waals surface area contributed by atoms with E-state index in [4.69, 9.17) is 0 Å². The minimum absolute atomic E-state index is 0.0914. The molecule has 3 heterocycles. The Bertz CT molecular complexity index is 956. The van der Waals surface area contributed by atoms with E-state index in [9.17, 15) is 4.79 Å². The average Bonchev–Trinajstić information content (AvgIpc) is 3.36. The largest absolute Gasteiger partial charge is 0.338 e. The second-order valence-corrected chi connectivity index (χ2v) is 7.41. The molecule has 1 fully saturated rings. The van der Waals surface area contributed by atoms with Gasteiger partial charge in [-0.05, 0) is 26.2 Å². The van der Waals surface area contributed by atoms with Gasteiger partial charge in [0.1, 0.15) is 5.82 Å². The third-order valence-corrected chi connectivity index (χ3v) is 5.34. The Morgan fingerprint density at radius 1 is 1.22 bits per heavy atom. The molecule has 6 nitrogen and oxygen atoms in total. The van der Waals surface area contributed by atoms with Crippen LogP contribution in [0.2, 0.25) is 0 Å². The molecule has 1 aliphatic rings. The van der Waals surface area contributed by atoms with Crippen LogP contribution in [0.4, 0.5) is 0 Å². The number of benzene rings is 1. The van der Waals surface area contributed by atoms with Crippen molar-refractivity contribution in [3.63, 3.8) is 0 Å². The summed E-state index contributed by atoms with van der Waals surface area (Å²) in [5, 5.41) is 4.30. The molecule has 1 saturated heterocycles. The first-order chi connectivity index (χ1) is 13.0. The second kappa shape index (κ2) is 7.02. The summed E-state index contributed by atoms with van der Waals surface area (Å²) >= 11 is 0. The molecule has 0 N–H and O–H groups in total. The van der Waals surface area contributed by atoms with E-state index in [1.54, 1.807) is 4.68 Å². The number of hydrogen-bond acceptors (Lipinski definition) is 3. The predicted molar refractivity (Wildman–Crippen MR) is 104 cm³/mol. The van der Waals surface area contributed by atoms with Crippen LogP contribution in [0.25, 0.3) is 11.4 Å². The van der Waals surface area contributed by atoms with E-state index in [2.05, 4.69) is 33.7 Å². The zero-order valence-electron chi connectivity index (χ0n) is 16.1. The van der Waals surface area contributed by atoms with Crippen molar-refractivity contribution in [3.05, 3.63) is 59.7 Å². The van der Waals surface area contributed by atoms with Crippen molar-refractivity contribution in [2.45, 2.75) is 26.8 Å². The van der Waals surface area contributed by atoms with Crippen LogP contribution in [0.1, 0.15) is 28.2 Å². The van der Waals surface area contributed by atoms with E-state index in [0.717, 1.165) is 48.8 Å². The van der Waals surface area contributed by atoms with E-state index in [0.29, 0.717) is 11.5 Å². The third kappa shape index (κ3) is 3.39. The van der Waals surface area contributed by atoms with Gasteiger partial charge in [0.15, 0.2) is 0 Å².